The van der Waals surface area contributed by atoms with Gasteiger partial charge in [-0.25, -0.2) is 0 Å². The van der Waals surface area contributed by atoms with Gasteiger partial charge < -0.3 is 10.8 Å². The number of hydrogen-bond donors (Lipinski definition) is 4. The molecule has 0 fully saturated rings. The lowest BCUT2D eigenvalue weighted by molar-refractivity contribution is -0.452. The van der Waals surface area contributed by atoms with Gasteiger partial charge >= 0.3 is 5.97 Å². The topological polar surface area (TPSA) is 103 Å². The average Bonchev–Trinajstić information content (AvgIpc) is 2.02. The van der Waals surface area contributed by atoms with Crippen molar-refractivity contribution in [3.05, 3.63) is 0 Å². The van der Waals surface area contributed by atoms with E-state index < -0.39 is 12.0 Å². The lowest BCUT2D eigenvalue weighted by Gasteiger charge is -2.03. The molecule has 6 N–H and O–H groups in total. The van der Waals surface area contributed by atoms with Gasteiger partial charge in [-0.05, 0) is 0 Å². The van der Waals surface area contributed by atoms with Crippen molar-refractivity contribution >= 4 is 23.6 Å². The highest BCUT2D eigenvalue weighted by Crippen LogP contribution is 1.99. The van der Waals surface area contributed by atoms with Crippen LogP contribution in [0, 0.1) is 0 Å². The molecule has 0 heterocycles. The summed E-state index contributed by atoms with van der Waals surface area (Å²) in [5.41, 5.74) is 10.6. The van der Waals surface area contributed by atoms with Gasteiger partial charge in [-0.15, -0.1) is 0 Å². The molecule has 1 atom stereocenters. The number of nitrogens with one attached hydrogen (secondary N) is 1. The van der Waals surface area contributed by atoms with Gasteiger partial charge in [0.15, 0.2) is 0 Å². The predicted octanol–water partition coefficient (Wildman–Crippen LogP) is -2.41. The molecule has 0 spiro atoms. The molecule has 0 aromatic heterocycles. The van der Waals surface area contributed by atoms with Crippen molar-refractivity contribution in [2.24, 2.45) is 11.5 Å². The van der Waals surface area contributed by atoms with Crippen LogP contribution in [-0.4, -0.2) is 41.0 Å². The van der Waals surface area contributed by atoms with Gasteiger partial charge in [0, 0.05) is 18.4 Å². The predicted molar refractivity (Wildman–Crippen MR) is 53.6 cm³/mol. The Bertz CT molecular complexity index is 192. The Morgan fingerprint density at radius 1 is 1.69 bits per heavy atom. The number of hydrogen-bond acceptors (Lipinski definition) is 3. The summed E-state index contributed by atoms with van der Waals surface area (Å²) in [7, 11) is 0. The van der Waals surface area contributed by atoms with Gasteiger partial charge in [-0.1, -0.05) is 0 Å². The van der Waals surface area contributed by atoms with Crippen LogP contribution in [-0.2, 0) is 4.79 Å². The number of thioether (sulfide) groups is 1. The largest absolute Gasteiger partial charge is 0.480 e. The Balaban J connectivity index is 3.36. The smallest absolute Gasteiger partial charge is 0.321 e. The van der Waals surface area contributed by atoms with Crippen LogP contribution in [0.3, 0.4) is 0 Å². The van der Waals surface area contributed by atoms with Crippen LogP contribution in [0.1, 0.15) is 6.92 Å². The summed E-state index contributed by atoms with van der Waals surface area (Å²) in [5.74, 6) is 0.945. The fourth-order valence-electron chi connectivity index (χ4n) is 0.602. The quantitative estimate of drug-likeness (QED) is 0.220. The van der Waals surface area contributed by atoms with Crippen molar-refractivity contribution in [2.45, 2.75) is 13.0 Å². The molecule has 0 aromatic carbocycles. The zero-order valence-electron chi connectivity index (χ0n) is 7.62. The molecule has 0 aliphatic heterocycles. The third kappa shape index (κ3) is 7.61. The minimum Gasteiger partial charge on any atom is -0.480 e. The number of carbonyl (C=O) groups is 1. The highest BCUT2D eigenvalue weighted by atomic mass is 32.2. The summed E-state index contributed by atoms with van der Waals surface area (Å²) in [6.45, 7) is 2.51. The maximum atomic E-state index is 10.3. The first-order valence-corrected chi connectivity index (χ1v) is 5.08. The van der Waals surface area contributed by atoms with Crippen LogP contribution >= 0.6 is 11.8 Å². The molecule has 76 valence electrons. The van der Waals surface area contributed by atoms with E-state index in [0.717, 1.165) is 12.3 Å². The molecule has 0 saturated carbocycles. The number of aliphatic carboxylic acids is 1. The minimum atomic E-state index is -0.956. The van der Waals surface area contributed by atoms with Crippen molar-refractivity contribution in [3.63, 3.8) is 0 Å². The first kappa shape index (κ1) is 12.2. The molecular formula is C7H16N3O2S+. The average molecular weight is 206 g/mol. The molecule has 0 aromatic rings. The Kier molecular flexibility index (Phi) is 6.34. The molecule has 5 nitrogen and oxygen atoms in total. The van der Waals surface area contributed by atoms with Gasteiger partial charge in [-0.2, -0.15) is 11.8 Å². The van der Waals surface area contributed by atoms with Gasteiger partial charge in [0.1, 0.15) is 6.04 Å². The number of carboxylic acids is 1. The second-order valence-corrected chi connectivity index (χ2v) is 3.78. The molecule has 6 heteroatoms. The lowest BCUT2D eigenvalue weighted by Crippen LogP contribution is -2.75. The van der Waals surface area contributed by atoms with Crippen molar-refractivity contribution in [1.29, 1.82) is 0 Å². The zero-order chi connectivity index (χ0) is 10.3. The fraction of sp³-hybridized carbons (Fsp3) is 0.714. The Hall–Kier alpha value is -0.750. The molecule has 0 bridgehead atoms. The summed E-state index contributed by atoms with van der Waals surface area (Å²) >= 11 is 1.49. The third-order valence-electron chi connectivity index (χ3n) is 1.26. The minimum absolute atomic E-state index is 0.431. The van der Waals surface area contributed by atoms with Crippen LogP contribution in [0.25, 0.3) is 0 Å². The molecule has 13 heavy (non-hydrogen) atoms. The highest BCUT2D eigenvalue weighted by Gasteiger charge is 2.10. The van der Waals surface area contributed by atoms with Gasteiger partial charge in [0.05, 0.1) is 6.54 Å². The van der Waals surface area contributed by atoms with E-state index in [1.165, 1.54) is 11.8 Å². The van der Waals surface area contributed by atoms with Crippen molar-refractivity contribution < 1.29 is 14.9 Å². The Morgan fingerprint density at radius 2 is 2.31 bits per heavy atom. The molecule has 0 aliphatic carbocycles. The molecule has 1 unspecified atom stereocenters. The highest BCUT2D eigenvalue weighted by molar-refractivity contribution is 7.99. The standard InChI is InChI=1S/C7H15N3O2S/c1-5(8)10-2-3-13-4-6(9)7(11)12/h6H,2-4,9H2,1H3,(H2,8,10)(H,11,12)/p+1. The number of nitrogens with two attached hydrogens (primary N) is 2. The van der Waals surface area contributed by atoms with E-state index >= 15 is 0 Å². The van der Waals surface area contributed by atoms with E-state index in [4.69, 9.17) is 16.6 Å². The second-order valence-electron chi connectivity index (χ2n) is 2.63. The first-order valence-electron chi connectivity index (χ1n) is 3.93. The van der Waals surface area contributed by atoms with E-state index in [2.05, 4.69) is 4.99 Å². The SMILES string of the molecule is CC(N)=[NH+]CCSCC(N)C(=O)O. The summed E-state index contributed by atoms with van der Waals surface area (Å²) < 4.78 is 0. The Morgan fingerprint density at radius 3 is 2.77 bits per heavy atom. The van der Waals surface area contributed by atoms with Crippen LogP contribution in [0.2, 0.25) is 0 Å². The van der Waals surface area contributed by atoms with Crippen LogP contribution in [0.4, 0.5) is 0 Å². The second kappa shape index (κ2) is 6.73. The van der Waals surface area contributed by atoms with Crippen LogP contribution in [0.5, 0.6) is 0 Å². The normalized spacial score (nSPS) is 14.2. The molecule has 0 amide bonds. The molecular weight excluding hydrogens is 190 g/mol. The van der Waals surface area contributed by atoms with Crippen molar-refractivity contribution in [2.75, 3.05) is 18.1 Å². The zero-order valence-corrected chi connectivity index (χ0v) is 8.43. The maximum absolute atomic E-state index is 10.3. The van der Waals surface area contributed by atoms with E-state index in [-0.39, 0.29) is 0 Å². The number of rotatable bonds is 6. The summed E-state index contributed by atoms with van der Waals surface area (Å²) in [4.78, 5) is 13.2. The summed E-state index contributed by atoms with van der Waals surface area (Å²) in [5, 5.41) is 8.45. The molecule has 0 saturated heterocycles. The van der Waals surface area contributed by atoms with Crippen molar-refractivity contribution in [3.8, 4) is 0 Å². The van der Waals surface area contributed by atoms with Crippen molar-refractivity contribution in [1.82, 2.24) is 0 Å². The molecule has 0 aliphatic rings. The lowest BCUT2D eigenvalue weighted by atomic mass is 10.4. The molecule has 0 radical (unpaired) electrons. The Labute approximate surface area is 81.6 Å². The maximum Gasteiger partial charge on any atom is 0.321 e. The van der Waals surface area contributed by atoms with E-state index in [1.807, 2.05) is 0 Å². The monoisotopic (exact) mass is 206 g/mol. The summed E-state index contributed by atoms with van der Waals surface area (Å²) in [6, 6.07) is -0.770. The number of amidine groups is 1. The fourth-order valence-corrected chi connectivity index (χ4v) is 1.41. The van der Waals surface area contributed by atoms with E-state index in [1.54, 1.807) is 6.92 Å². The first-order chi connectivity index (χ1) is 6.04. The molecule has 0 rings (SSSR count). The van der Waals surface area contributed by atoms with Gasteiger partial charge in [0.25, 0.3) is 0 Å². The van der Waals surface area contributed by atoms with E-state index in [0.29, 0.717) is 11.6 Å². The van der Waals surface area contributed by atoms with Crippen LogP contribution < -0.4 is 16.5 Å². The van der Waals surface area contributed by atoms with E-state index in [9.17, 15) is 4.79 Å². The third-order valence-corrected chi connectivity index (χ3v) is 2.35. The van der Waals surface area contributed by atoms with Gasteiger partial charge in [0.2, 0.25) is 5.84 Å². The summed E-state index contributed by atoms with van der Waals surface area (Å²) in [6.07, 6.45) is 0. The number of carboxylic acid groups (broad SMARTS) is 1. The van der Waals surface area contributed by atoms with Crippen LogP contribution in [0.15, 0.2) is 0 Å². The van der Waals surface area contributed by atoms with Gasteiger partial charge in [-0.3, -0.25) is 15.5 Å².